The maximum absolute atomic E-state index is 6.00. The number of hydrogen-bond donors (Lipinski definition) is 3. The van der Waals surface area contributed by atoms with Gasteiger partial charge in [-0.1, -0.05) is 109 Å². The van der Waals surface area contributed by atoms with Gasteiger partial charge < -0.3 is 16.8 Å². The molecule has 0 fully saturated rings. The van der Waals surface area contributed by atoms with Gasteiger partial charge in [-0.15, -0.1) is 0 Å². The molecule has 0 atom stereocenters. The Morgan fingerprint density at radius 3 is 1.12 bits per heavy atom. The van der Waals surface area contributed by atoms with Crippen LogP contribution in [0.25, 0.3) is 11.1 Å². The number of rotatable bonds is 4. The summed E-state index contributed by atoms with van der Waals surface area (Å²) in [7, 11) is 0. The van der Waals surface area contributed by atoms with Crippen molar-refractivity contribution in [2.45, 2.75) is 5.41 Å². The lowest BCUT2D eigenvalue weighted by Crippen LogP contribution is -2.28. The second kappa shape index (κ2) is 10.8. The second-order valence-corrected chi connectivity index (χ2v) is 9.94. The fourth-order valence-corrected chi connectivity index (χ4v) is 5.70. The van der Waals surface area contributed by atoms with Gasteiger partial charge in [-0.05, 0) is 81.9 Å². The first-order valence-corrected chi connectivity index (χ1v) is 13.4. The van der Waals surface area contributed by atoms with Gasteiger partial charge in [0, 0.05) is 22.7 Å². The van der Waals surface area contributed by atoms with Gasteiger partial charge in [0.25, 0.3) is 0 Å². The minimum atomic E-state index is -0.380. The molecule has 40 heavy (non-hydrogen) atoms. The highest BCUT2D eigenvalue weighted by Gasteiger charge is 2.45. The highest BCUT2D eigenvalue weighted by molar-refractivity contribution is 5.86. The zero-order chi connectivity index (χ0) is 27.4. The van der Waals surface area contributed by atoms with Crippen LogP contribution in [-0.2, 0) is 5.41 Å². The lowest BCUT2D eigenvalue weighted by molar-refractivity contribution is 0.769. The molecule has 5 N–H and O–H groups in total. The molecule has 0 aliphatic heterocycles. The van der Waals surface area contributed by atoms with Gasteiger partial charge in [-0.3, -0.25) is 0 Å². The van der Waals surface area contributed by atoms with Crippen LogP contribution >= 0.6 is 0 Å². The maximum atomic E-state index is 6.00. The molecule has 0 aromatic heterocycles. The van der Waals surface area contributed by atoms with Crippen LogP contribution in [0.5, 0.6) is 0 Å². The van der Waals surface area contributed by atoms with Crippen molar-refractivity contribution in [3.8, 4) is 11.1 Å². The van der Waals surface area contributed by atoms with Crippen molar-refractivity contribution in [3.05, 3.63) is 180 Å². The average molecular weight is 518 g/mol. The number of nitrogens with two attached hydrogens (primary N) is 2. The van der Waals surface area contributed by atoms with E-state index < -0.39 is 0 Å². The first-order chi connectivity index (χ1) is 19.7. The topological polar surface area (TPSA) is 64.1 Å². The molecular formula is C37H31N3. The molecule has 3 nitrogen and oxygen atoms in total. The van der Waals surface area contributed by atoms with Crippen molar-refractivity contribution in [3.63, 3.8) is 0 Å². The first-order valence-electron chi connectivity index (χ1n) is 13.4. The van der Waals surface area contributed by atoms with E-state index in [0.29, 0.717) is 0 Å². The molecule has 194 valence electrons. The van der Waals surface area contributed by atoms with Crippen LogP contribution in [0, 0.1) is 0 Å². The van der Waals surface area contributed by atoms with Crippen molar-refractivity contribution in [2.75, 3.05) is 16.8 Å². The molecule has 3 heteroatoms. The van der Waals surface area contributed by atoms with E-state index in [9.17, 15) is 0 Å². The summed E-state index contributed by atoms with van der Waals surface area (Å²) >= 11 is 0. The van der Waals surface area contributed by atoms with Crippen molar-refractivity contribution < 1.29 is 0 Å². The summed E-state index contributed by atoms with van der Waals surface area (Å²) in [6.07, 6.45) is 0. The first kappa shape index (κ1) is 25.0. The third-order valence-corrected chi connectivity index (χ3v) is 7.48. The summed E-state index contributed by atoms with van der Waals surface area (Å²) in [4.78, 5) is 0. The van der Waals surface area contributed by atoms with Crippen LogP contribution in [0.4, 0.5) is 22.7 Å². The number of nitrogens with one attached hydrogen (secondary N) is 1. The van der Waals surface area contributed by atoms with Gasteiger partial charge in [0.15, 0.2) is 0 Å². The van der Waals surface area contributed by atoms with E-state index in [1.54, 1.807) is 0 Å². The molecule has 1 aliphatic rings. The normalized spacial score (nSPS) is 12.4. The van der Waals surface area contributed by atoms with Crippen LogP contribution < -0.4 is 16.8 Å². The van der Waals surface area contributed by atoms with Gasteiger partial charge in [0.2, 0.25) is 0 Å². The maximum Gasteiger partial charge on any atom is 0.0713 e. The predicted octanol–water partition coefficient (Wildman–Crippen LogP) is 8.64. The minimum Gasteiger partial charge on any atom is -0.399 e. The summed E-state index contributed by atoms with van der Waals surface area (Å²) in [6, 6.07) is 54.2. The van der Waals surface area contributed by atoms with Gasteiger partial charge >= 0.3 is 0 Å². The van der Waals surface area contributed by atoms with E-state index in [1.807, 2.05) is 84.9 Å². The largest absolute Gasteiger partial charge is 0.399 e. The Labute approximate surface area is 235 Å². The van der Waals surface area contributed by atoms with Gasteiger partial charge in [0.05, 0.1) is 5.41 Å². The molecule has 0 saturated carbocycles. The smallest absolute Gasteiger partial charge is 0.0713 e. The van der Waals surface area contributed by atoms with E-state index in [4.69, 9.17) is 11.5 Å². The molecule has 0 heterocycles. The lowest BCUT2D eigenvalue weighted by atomic mass is 9.67. The molecule has 0 amide bonds. The highest BCUT2D eigenvalue weighted by atomic mass is 14.9. The Bertz CT molecular complexity index is 1580. The number of para-hydroxylation sites is 2. The van der Waals surface area contributed by atoms with Crippen molar-refractivity contribution in [2.24, 2.45) is 0 Å². The fraction of sp³-hybridized carbons (Fsp3) is 0.0270. The number of hydrogen-bond acceptors (Lipinski definition) is 3. The van der Waals surface area contributed by atoms with Crippen LogP contribution in [-0.4, -0.2) is 0 Å². The molecule has 0 saturated heterocycles. The number of nitrogen functional groups attached to an aromatic ring is 2. The van der Waals surface area contributed by atoms with E-state index in [-0.39, 0.29) is 5.41 Å². The number of benzene rings is 6. The number of fused-ring (bicyclic) bond motifs is 3. The van der Waals surface area contributed by atoms with E-state index in [0.717, 1.165) is 22.7 Å². The zero-order valence-electron chi connectivity index (χ0n) is 22.2. The van der Waals surface area contributed by atoms with Crippen LogP contribution in [0.1, 0.15) is 22.3 Å². The standard InChI is InChI=1S/C25H20N2.C12H11N/c26-19-13-9-17(10-14-19)25(18-11-15-20(27)16-12-18)23-7-3-1-5-21(23)22-6-2-4-8-24(22)25;1-3-7-11(8-4-1)13-12-9-5-2-6-10-12/h1-16H,26-27H2;1-10,13H. The van der Waals surface area contributed by atoms with E-state index in [1.165, 1.54) is 33.4 Å². The molecule has 0 radical (unpaired) electrons. The summed E-state index contributed by atoms with van der Waals surface area (Å²) in [5.41, 5.74) is 23.0. The summed E-state index contributed by atoms with van der Waals surface area (Å²) < 4.78 is 0. The second-order valence-electron chi connectivity index (χ2n) is 9.94. The monoisotopic (exact) mass is 517 g/mol. The number of anilines is 4. The SMILES string of the molecule is Nc1ccc(C2(c3ccc(N)cc3)c3ccccc3-c3ccccc32)cc1.c1ccc(Nc2ccccc2)cc1. The summed E-state index contributed by atoms with van der Waals surface area (Å²) in [6.45, 7) is 0. The van der Waals surface area contributed by atoms with Crippen LogP contribution in [0.15, 0.2) is 158 Å². The zero-order valence-corrected chi connectivity index (χ0v) is 22.2. The Morgan fingerprint density at radius 2 is 0.725 bits per heavy atom. The third kappa shape index (κ3) is 4.59. The molecule has 1 aliphatic carbocycles. The minimum absolute atomic E-state index is 0.380. The molecule has 7 rings (SSSR count). The Morgan fingerprint density at radius 1 is 0.375 bits per heavy atom. The van der Waals surface area contributed by atoms with Crippen molar-refractivity contribution in [1.29, 1.82) is 0 Å². The lowest BCUT2D eigenvalue weighted by Gasteiger charge is -2.34. The molecule has 6 aromatic rings. The van der Waals surface area contributed by atoms with E-state index in [2.05, 4.69) is 78.1 Å². The van der Waals surface area contributed by atoms with Crippen LogP contribution in [0.2, 0.25) is 0 Å². The van der Waals surface area contributed by atoms with E-state index >= 15 is 0 Å². The Balaban J connectivity index is 0.000000187. The molecular weight excluding hydrogens is 486 g/mol. The molecule has 6 aromatic carbocycles. The average Bonchev–Trinajstić information content (AvgIpc) is 3.31. The Hall–Kier alpha value is -5.28. The summed E-state index contributed by atoms with van der Waals surface area (Å²) in [5, 5.41) is 3.30. The third-order valence-electron chi connectivity index (χ3n) is 7.48. The molecule has 0 spiro atoms. The van der Waals surface area contributed by atoms with Crippen LogP contribution in [0.3, 0.4) is 0 Å². The van der Waals surface area contributed by atoms with Crippen molar-refractivity contribution >= 4 is 22.7 Å². The highest BCUT2D eigenvalue weighted by Crippen LogP contribution is 2.55. The predicted molar refractivity (Wildman–Crippen MR) is 169 cm³/mol. The van der Waals surface area contributed by atoms with Gasteiger partial charge in [-0.2, -0.15) is 0 Å². The van der Waals surface area contributed by atoms with Gasteiger partial charge in [0.1, 0.15) is 0 Å². The Kier molecular flexibility index (Phi) is 6.78. The fourth-order valence-electron chi connectivity index (χ4n) is 5.70. The van der Waals surface area contributed by atoms with Gasteiger partial charge in [-0.25, -0.2) is 0 Å². The van der Waals surface area contributed by atoms with Crippen molar-refractivity contribution in [1.82, 2.24) is 0 Å². The molecule has 0 unspecified atom stereocenters. The summed E-state index contributed by atoms with van der Waals surface area (Å²) in [5.74, 6) is 0. The molecule has 0 bridgehead atoms. The quantitative estimate of drug-likeness (QED) is 0.205.